The molecule has 2 N–H and O–H groups in total. The molecule has 7 nitrogen and oxygen atoms in total. The van der Waals surface area contributed by atoms with Crippen LogP contribution < -0.4 is 4.72 Å². The average molecular weight is 358 g/mol. The van der Waals surface area contributed by atoms with Gasteiger partial charge < -0.3 is 5.11 Å². The first-order valence-corrected chi connectivity index (χ1v) is 7.48. The maximum Gasteiger partial charge on any atom is 0.335 e. The van der Waals surface area contributed by atoms with Gasteiger partial charge in [0.15, 0.2) is 0 Å². The predicted molar refractivity (Wildman–Crippen MR) is 73.9 cm³/mol. The van der Waals surface area contributed by atoms with Crippen molar-refractivity contribution in [2.75, 3.05) is 4.72 Å². The molecule has 0 atom stereocenters. The van der Waals surface area contributed by atoms with Crippen molar-refractivity contribution in [1.29, 1.82) is 0 Å². The fourth-order valence-electron chi connectivity index (χ4n) is 1.40. The molecule has 0 fully saturated rings. The number of aromatic nitrogens is 2. The van der Waals surface area contributed by atoms with E-state index >= 15 is 0 Å². The number of aromatic carboxylic acids is 1. The minimum atomic E-state index is -3.94. The predicted octanol–water partition coefficient (Wildman–Crippen LogP) is 1.74. The third-order valence-corrected chi connectivity index (χ3v) is 4.66. The minimum absolute atomic E-state index is 0.127. The van der Waals surface area contributed by atoms with Crippen molar-refractivity contribution < 1.29 is 18.3 Å². The Balaban J connectivity index is 2.44. The number of hydrogen-bond acceptors (Lipinski definition) is 5. The van der Waals surface area contributed by atoms with E-state index in [1.54, 1.807) is 0 Å². The third-order valence-electron chi connectivity index (χ3n) is 2.28. The Hall–Kier alpha value is -2.00. The zero-order valence-electron chi connectivity index (χ0n) is 9.82. The van der Waals surface area contributed by atoms with E-state index < -0.39 is 16.0 Å². The van der Waals surface area contributed by atoms with Crippen LogP contribution >= 0.6 is 15.9 Å². The van der Waals surface area contributed by atoms with Crippen LogP contribution in [-0.2, 0) is 10.0 Å². The highest BCUT2D eigenvalue weighted by molar-refractivity contribution is 9.10. The lowest BCUT2D eigenvalue weighted by Gasteiger charge is -2.09. The zero-order chi connectivity index (χ0) is 14.8. The Morgan fingerprint density at radius 1 is 1.25 bits per heavy atom. The number of carboxylic acid groups (broad SMARTS) is 1. The smallest absolute Gasteiger partial charge is 0.335 e. The minimum Gasteiger partial charge on any atom is -0.478 e. The van der Waals surface area contributed by atoms with Crippen LogP contribution in [0.4, 0.5) is 5.69 Å². The van der Waals surface area contributed by atoms with Crippen molar-refractivity contribution in [2.45, 2.75) is 4.90 Å². The molecular weight excluding hydrogens is 350 g/mol. The summed E-state index contributed by atoms with van der Waals surface area (Å²) in [6.07, 6.45) is 3.85. The number of nitrogens with zero attached hydrogens (tertiary/aromatic N) is 2. The maximum absolute atomic E-state index is 12.2. The summed E-state index contributed by atoms with van der Waals surface area (Å²) >= 11 is 3.09. The van der Waals surface area contributed by atoms with Gasteiger partial charge in [0.05, 0.1) is 23.6 Å². The second kappa shape index (κ2) is 5.55. The van der Waals surface area contributed by atoms with Gasteiger partial charge in [-0.15, -0.1) is 0 Å². The first-order valence-electron chi connectivity index (χ1n) is 5.21. The molecule has 0 aliphatic rings. The van der Waals surface area contributed by atoms with E-state index in [0.717, 1.165) is 6.07 Å². The van der Waals surface area contributed by atoms with Gasteiger partial charge >= 0.3 is 5.97 Å². The van der Waals surface area contributed by atoms with E-state index in [1.807, 2.05) is 0 Å². The van der Waals surface area contributed by atoms with Gasteiger partial charge in [-0.25, -0.2) is 23.2 Å². The van der Waals surface area contributed by atoms with Gasteiger partial charge in [0.2, 0.25) is 0 Å². The first-order chi connectivity index (χ1) is 9.40. The van der Waals surface area contributed by atoms with E-state index in [1.165, 1.54) is 30.9 Å². The van der Waals surface area contributed by atoms with Gasteiger partial charge in [0, 0.05) is 4.47 Å². The molecule has 0 spiro atoms. The van der Waals surface area contributed by atoms with Crippen LogP contribution in [0.2, 0.25) is 0 Å². The third kappa shape index (κ3) is 3.11. The van der Waals surface area contributed by atoms with Crippen LogP contribution in [0.1, 0.15) is 10.4 Å². The SMILES string of the molecule is O=C(O)c1ccc(Br)c(S(=O)(=O)Nc2cncnc2)c1. The van der Waals surface area contributed by atoms with Crippen molar-refractivity contribution in [1.82, 2.24) is 9.97 Å². The molecule has 20 heavy (non-hydrogen) atoms. The number of sulfonamides is 1. The van der Waals surface area contributed by atoms with Crippen LogP contribution in [-0.4, -0.2) is 29.5 Å². The van der Waals surface area contributed by atoms with Crippen molar-refractivity contribution in [3.8, 4) is 0 Å². The molecule has 104 valence electrons. The monoisotopic (exact) mass is 357 g/mol. The van der Waals surface area contributed by atoms with Crippen molar-refractivity contribution in [2.24, 2.45) is 0 Å². The Kier molecular flexibility index (Phi) is 4.00. The standard InChI is InChI=1S/C11H8BrN3O4S/c12-9-2-1-7(11(16)17)3-10(9)20(18,19)15-8-4-13-6-14-5-8/h1-6,15H,(H,16,17). The average Bonchev–Trinajstić information content (AvgIpc) is 2.39. The summed E-state index contributed by atoms with van der Waals surface area (Å²) < 4.78 is 26.9. The molecule has 0 unspecified atom stereocenters. The van der Waals surface area contributed by atoms with Crippen LogP contribution in [0.5, 0.6) is 0 Å². The second-order valence-corrected chi connectivity index (χ2v) is 6.19. The van der Waals surface area contributed by atoms with Crippen LogP contribution in [0.3, 0.4) is 0 Å². The number of halogens is 1. The summed E-state index contributed by atoms with van der Waals surface area (Å²) in [7, 11) is -3.94. The summed E-state index contributed by atoms with van der Waals surface area (Å²) in [5, 5.41) is 8.91. The summed E-state index contributed by atoms with van der Waals surface area (Å²) in [6.45, 7) is 0. The molecule has 2 rings (SSSR count). The van der Waals surface area contributed by atoms with Gasteiger partial charge in [-0.1, -0.05) is 0 Å². The number of nitrogens with one attached hydrogen (secondary N) is 1. The second-order valence-electron chi connectivity index (χ2n) is 3.68. The van der Waals surface area contributed by atoms with E-state index in [0.29, 0.717) is 0 Å². The van der Waals surface area contributed by atoms with Crippen LogP contribution in [0, 0.1) is 0 Å². The Labute approximate surface area is 122 Å². The number of anilines is 1. The molecule has 1 aromatic carbocycles. The number of rotatable bonds is 4. The molecular formula is C11H8BrN3O4S. The fraction of sp³-hybridized carbons (Fsp3) is 0. The largest absolute Gasteiger partial charge is 0.478 e. The molecule has 0 amide bonds. The summed E-state index contributed by atoms with van der Waals surface area (Å²) in [6, 6.07) is 3.73. The normalized spacial score (nSPS) is 11.1. The highest BCUT2D eigenvalue weighted by Gasteiger charge is 2.20. The number of benzene rings is 1. The molecule has 1 aromatic heterocycles. The molecule has 0 saturated carbocycles. The fourth-order valence-corrected chi connectivity index (χ4v) is 3.42. The number of carbonyl (C=O) groups is 1. The van der Waals surface area contributed by atoms with Crippen molar-refractivity contribution in [3.05, 3.63) is 47.0 Å². The zero-order valence-corrected chi connectivity index (χ0v) is 12.2. The molecule has 1 heterocycles. The quantitative estimate of drug-likeness (QED) is 0.862. The van der Waals surface area contributed by atoms with Gasteiger partial charge in [-0.05, 0) is 34.1 Å². The van der Waals surface area contributed by atoms with Gasteiger partial charge in [-0.3, -0.25) is 4.72 Å². The molecule has 2 aromatic rings. The highest BCUT2D eigenvalue weighted by atomic mass is 79.9. The summed E-state index contributed by atoms with van der Waals surface area (Å²) in [4.78, 5) is 18.1. The van der Waals surface area contributed by atoms with E-state index in [-0.39, 0.29) is 20.6 Å². The van der Waals surface area contributed by atoms with Crippen LogP contribution in [0.25, 0.3) is 0 Å². The summed E-state index contributed by atoms with van der Waals surface area (Å²) in [5.41, 5.74) is 0.0537. The van der Waals surface area contributed by atoms with E-state index in [2.05, 4.69) is 30.6 Å². The Morgan fingerprint density at radius 2 is 1.90 bits per heavy atom. The molecule has 0 aliphatic carbocycles. The van der Waals surface area contributed by atoms with Crippen LogP contribution in [0.15, 0.2) is 46.3 Å². The highest BCUT2D eigenvalue weighted by Crippen LogP contribution is 2.25. The first kappa shape index (κ1) is 14.4. The Morgan fingerprint density at radius 3 is 2.50 bits per heavy atom. The number of carboxylic acids is 1. The van der Waals surface area contributed by atoms with E-state index in [9.17, 15) is 13.2 Å². The maximum atomic E-state index is 12.2. The topological polar surface area (TPSA) is 109 Å². The van der Waals surface area contributed by atoms with Gasteiger partial charge in [0.25, 0.3) is 10.0 Å². The molecule has 0 bridgehead atoms. The van der Waals surface area contributed by atoms with Crippen molar-refractivity contribution >= 4 is 37.6 Å². The number of hydrogen-bond donors (Lipinski definition) is 2. The molecule has 9 heteroatoms. The van der Waals surface area contributed by atoms with Gasteiger partial charge in [0.1, 0.15) is 11.2 Å². The lowest BCUT2D eigenvalue weighted by Crippen LogP contribution is -2.14. The molecule has 0 radical (unpaired) electrons. The Bertz CT molecular complexity index is 750. The lowest BCUT2D eigenvalue weighted by molar-refractivity contribution is 0.0696. The lowest BCUT2D eigenvalue weighted by atomic mass is 10.2. The molecule has 0 saturated heterocycles. The summed E-state index contributed by atoms with van der Waals surface area (Å²) in [5.74, 6) is -1.21. The van der Waals surface area contributed by atoms with Crippen molar-refractivity contribution in [3.63, 3.8) is 0 Å². The van der Waals surface area contributed by atoms with E-state index in [4.69, 9.17) is 5.11 Å². The van der Waals surface area contributed by atoms with Gasteiger partial charge in [-0.2, -0.15) is 0 Å². The molecule has 0 aliphatic heterocycles.